The number of rotatable bonds is 6. The number of nitrogens with one attached hydrogen (secondary N) is 1. The molecule has 0 unspecified atom stereocenters. The van der Waals surface area contributed by atoms with Gasteiger partial charge in [0.2, 0.25) is 5.91 Å². The quantitative estimate of drug-likeness (QED) is 0.790. The number of methoxy groups -OCH3 is 2. The molecule has 1 N–H and O–H groups in total. The molecule has 2 aromatic carbocycles. The molecule has 0 spiro atoms. The van der Waals surface area contributed by atoms with Gasteiger partial charge in [-0.2, -0.15) is 0 Å². The maximum atomic E-state index is 12.7. The zero-order chi connectivity index (χ0) is 21.7. The second kappa shape index (κ2) is 9.52. The number of nitrogens with zero attached hydrogens (tertiary/aromatic N) is 2. The van der Waals surface area contributed by atoms with Gasteiger partial charge in [-0.1, -0.05) is 13.8 Å². The van der Waals surface area contributed by atoms with Crippen molar-refractivity contribution in [3.8, 4) is 11.5 Å². The average molecular weight is 412 g/mol. The second-order valence-corrected chi connectivity index (χ2v) is 7.53. The zero-order valence-corrected chi connectivity index (χ0v) is 18.0. The number of anilines is 2. The molecule has 0 atom stereocenters. The summed E-state index contributed by atoms with van der Waals surface area (Å²) in [6.45, 7) is 6.92. The molecule has 30 heavy (non-hydrogen) atoms. The molecule has 1 aliphatic heterocycles. The highest BCUT2D eigenvalue weighted by Crippen LogP contribution is 2.26. The van der Waals surface area contributed by atoms with Crippen molar-refractivity contribution in [1.29, 1.82) is 0 Å². The van der Waals surface area contributed by atoms with Gasteiger partial charge in [-0.15, -0.1) is 0 Å². The van der Waals surface area contributed by atoms with E-state index in [0.717, 1.165) is 31.9 Å². The lowest BCUT2D eigenvalue weighted by atomic mass is 10.1. The fraction of sp³-hybridized carbons (Fsp3) is 0.391. The highest BCUT2D eigenvalue weighted by atomic mass is 16.5. The Kier molecular flexibility index (Phi) is 6.82. The first-order chi connectivity index (χ1) is 14.4. The molecule has 0 aliphatic carbocycles. The highest BCUT2D eigenvalue weighted by Gasteiger charge is 2.23. The Morgan fingerprint density at radius 1 is 0.933 bits per heavy atom. The lowest BCUT2D eigenvalue weighted by Crippen LogP contribution is -2.49. The van der Waals surface area contributed by atoms with Crippen molar-refractivity contribution in [1.82, 2.24) is 4.90 Å². The Bertz CT molecular complexity index is 888. The molecule has 0 radical (unpaired) electrons. The maximum absolute atomic E-state index is 12.7. The van der Waals surface area contributed by atoms with Crippen molar-refractivity contribution in [2.45, 2.75) is 13.8 Å². The van der Waals surface area contributed by atoms with Crippen LogP contribution in [-0.4, -0.2) is 57.1 Å². The van der Waals surface area contributed by atoms with Gasteiger partial charge in [0.1, 0.15) is 11.5 Å². The number of carbonyl (C=O) groups excluding carboxylic acids is 2. The molecule has 0 bridgehead atoms. The molecule has 0 saturated carbocycles. The monoisotopic (exact) mass is 411 g/mol. The van der Waals surface area contributed by atoms with Gasteiger partial charge in [0.15, 0.2) is 0 Å². The Balaban J connectivity index is 1.61. The molecule has 7 nitrogen and oxygen atoms in total. The van der Waals surface area contributed by atoms with Gasteiger partial charge in [0, 0.05) is 49.5 Å². The Labute approximate surface area is 177 Å². The molecule has 160 valence electrons. The Morgan fingerprint density at radius 2 is 1.60 bits per heavy atom. The van der Waals surface area contributed by atoms with Crippen LogP contribution in [0, 0.1) is 5.92 Å². The molecule has 2 amide bonds. The van der Waals surface area contributed by atoms with E-state index in [-0.39, 0.29) is 17.7 Å². The summed E-state index contributed by atoms with van der Waals surface area (Å²) >= 11 is 0. The lowest BCUT2D eigenvalue weighted by molar-refractivity contribution is -0.134. The van der Waals surface area contributed by atoms with Gasteiger partial charge < -0.3 is 24.6 Å². The summed E-state index contributed by atoms with van der Waals surface area (Å²) in [6.07, 6.45) is 0. The first-order valence-corrected chi connectivity index (χ1v) is 10.1. The molecular formula is C23H29N3O4. The Morgan fingerprint density at radius 3 is 2.17 bits per heavy atom. The van der Waals surface area contributed by atoms with Crippen LogP contribution < -0.4 is 19.7 Å². The third-order valence-corrected chi connectivity index (χ3v) is 5.23. The number of hydrogen-bond acceptors (Lipinski definition) is 5. The van der Waals surface area contributed by atoms with Crippen LogP contribution in [0.1, 0.15) is 24.2 Å². The van der Waals surface area contributed by atoms with Crippen LogP contribution in [-0.2, 0) is 4.79 Å². The van der Waals surface area contributed by atoms with E-state index >= 15 is 0 Å². The lowest BCUT2D eigenvalue weighted by Gasteiger charge is -2.37. The summed E-state index contributed by atoms with van der Waals surface area (Å²) in [6, 6.07) is 12.8. The summed E-state index contributed by atoms with van der Waals surface area (Å²) in [5.41, 5.74) is 2.22. The molecule has 1 aliphatic rings. The van der Waals surface area contributed by atoms with Gasteiger partial charge in [0.05, 0.1) is 19.8 Å². The predicted octanol–water partition coefficient (Wildman–Crippen LogP) is 3.26. The zero-order valence-electron chi connectivity index (χ0n) is 18.0. The topological polar surface area (TPSA) is 71.1 Å². The van der Waals surface area contributed by atoms with Crippen LogP contribution in [0.4, 0.5) is 11.4 Å². The first kappa shape index (κ1) is 21.5. The van der Waals surface area contributed by atoms with Gasteiger partial charge in [-0.05, 0) is 36.4 Å². The highest BCUT2D eigenvalue weighted by molar-refractivity contribution is 6.06. The predicted molar refractivity (Wildman–Crippen MR) is 118 cm³/mol. The van der Waals surface area contributed by atoms with Crippen LogP contribution in [0.3, 0.4) is 0 Å². The van der Waals surface area contributed by atoms with E-state index in [1.165, 1.54) is 7.11 Å². The van der Waals surface area contributed by atoms with E-state index in [0.29, 0.717) is 22.7 Å². The molecule has 2 aromatic rings. The number of carbonyl (C=O) groups is 2. The van der Waals surface area contributed by atoms with Crippen LogP contribution in [0.5, 0.6) is 11.5 Å². The third kappa shape index (κ3) is 4.84. The van der Waals surface area contributed by atoms with Gasteiger partial charge in [0.25, 0.3) is 5.91 Å². The molecule has 1 fully saturated rings. The van der Waals surface area contributed by atoms with Crippen LogP contribution in [0.25, 0.3) is 0 Å². The summed E-state index contributed by atoms with van der Waals surface area (Å²) < 4.78 is 10.5. The number of hydrogen-bond donors (Lipinski definition) is 1. The largest absolute Gasteiger partial charge is 0.497 e. The average Bonchev–Trinajstić information content (AvgIpc) is 2.78. The first-order valence-electron chi connectivity index (χ1n) is 10.1. The summed E-state index contributed by atoms with van der Waals surface area (Å²) in [4.78, 5) is 29.0. The number of piperazine rings is 1. The summed E-state index contributed by atoms with van der Waals surface area (Å²) in [5, 5.41) is 2.90. The molecule has 7 heteroatoms. The minimum Gasteiger partial charge on any atom is -0.497 e. The number of ether oxygens (including phenoxy) is 2. The van der Waals surface area contributed by atoms with Crippen molar-refractivity contribution in [3.05, 3.63) is 48.0 Å². The molecular weight excluding hydrogens is 382 g/mol. The van der Waals surface area contributed by atoms with Gasteiger partial charge >= 0.3 is 0 Å². The number of amides is 2. The summed E-state index contributed by atoms with van der Waals surface area (Å²) in [7, 11) is 3.09. The second-order valence-electron chi connectivity index (χ2n) is 7.53. The maximum Gasteiger partial charge on any atom is 0.259 e. The van der Waals surface area contributed by atoms with Crippen LogP contribution in [0.15, 0.2) is 42.5 Å². The molecule has 1 heterocycles. The van der Waals surface area contributed by atoms with Crippen molar-refractivity contribution < 1.29 is 19.1 Å². The van der Waals surface area contributed by atoms with Crippen molar-refractivity contribution in [3.63, 3.8) is 0 Å². The van der Waals surface area contributed by atoms with Crippen LogP contribution in [0.2, 0.25) is 0 Å². The van der Waals surface area contributed by atoms with Gasteiger partial charge in [-0.3, -0.25) is 9.59 Å². The SMILES string of the molecule is COc1ccc(C(=O)Nc2ccc(N3CCN(C(=O)C(C)C)CC3)cc2)c(OC)c1. The Hall–Kier alpha value is -3.22. The van der Waals surface area contributed by atoms with Crippen molar-refractivity contribution in [2.75, 3.05) is 50.6 Å². The smallest absolute Gasteiger partial charge is 0.259 e. The van der Waals surface area contributed by atoms with E-state index in [2.05, 4.69) is 10.2 Å². The van der Waals surface area contributed by atoms with E-state index in [4.69, 9.17) is 9.47 Å². The van der Waals surface area contributed by atoms with Gasteiger partial charge in [-0.25, -0.2) is 0 Å². The van der Waals surface area contributed by atoms with E-state index in [1.54, 1.807) is 25.3 Å². The standard InChI is InChI=1S/C23H29N3O4/c1-16(2)23(28)26-13-11-25(12-14-26)18-7-5-17(6-8-18)24-22(27)20-10-9-19(29-3)15-21(20)30-4/h5-10,15-16H,11-14H2,1-4H3,(H,24,27). The van der Waals surface area contributed by atoms with Crippen molar-refractivity contribution >= 4 is 23.2 Å². The molecule has 1 saturated heterocycles. The molecule has 0 aromatic heterocycles. The van der Waals surface area contributed by atoms with E-state index < -0.39 is 0 Å². The van der Waals surface area contributed by atoms with E-state index in [9.17, 15) is 9.59 Å². The fourth-order valence-electron chi connectivity index (χ4n) is 3.49. The fourth-order valence-corrected chi connectivity index (χ4v) is 3.49. The minimum atomic E-state index is -0.247. The van der Waals surface area contributed by atoms with Crippen molar-refractivity contribution in [2.24, 2.45) is 5.92 Å². The molecule has 3 rings (SSSR count). The third-order valence-electron chi connectivity index (χ3n) is 5.23. The minimum absolute atomic E-state index is 0.0313. The van der Waals surface area contributed by atoms with E-state index in [1.807, 2.05) is 43.0 Å². The summed E-state index contributed by atoms with van der Waals surface area (Å²) in [5.74, 6) is 1.08. The number of benzene rings is 2. The normalized spacial score (nSPS) is 13.9. The van der Waals surface area contributed by atoms with Crippen LogP contribution >= 0.6 is 0 Å².